The lowest BCUT2D eigenvalue weighted by molar-refractivity contribution is -0.131. The number of hydrogen-bond acceptors (Lipinski definition) is 5. The molecule has 32 heavy (non-hydrogen) atoms. The number of ether oxygens (including phenoxy) is 1. The quantitative estimate of drug-likeness (QED) is 0.538. The van der Waals surface area contributed by atoms with Crippen LogP contribution in [0.2, 0.25) is 0 Å². The molecule has 1 fully saturated rings. The van der Waals surface area contributed by atoms with Gasteiger partial charge in [-0.3, -0.25) is 14.5 Å². The summed E-state index contributed by atoms with van der Waals surface area (Å²) in [7, 11) is 0. The van der Waals surface area contributed by atoms with Gasteiger partial charge in [-0.05, 0) is 49.9 Å². The Balaban J connectivity index is 1.54. The summed E-state index contributed by atoms with van der Waals surface area (Å²) in [5.41, 5.74) is 2.42. The normalized spacial score (nSPS) is 25.2. The largest absolute Gasteiger partial charge is 0.483 e. The summed E-state index contributed by atoms with van der Waals surface area (Å²) in [6.45, 7) is 2.00. The highest BCUT2D eigenvalue weighted by atomic mass is 32.1. The van der Waals surface area contributed by atoms with Gasteiger partial charge in [0.15, 0.2) is 16.7 Å². The van der Waals surface area contributed by atoms with Crippen molar-refractivity contribution in [2.75, 3.05) is 4.90 Å². The van der Waals surface area contributed by atoms with Gasteiger partial charge in [0, 0.05) is 5.56 Å². The molecule has 0 bridgehead atoms. The standard InChI is InChI=1S/C25H21FN2O3S/c1-13-10-11-17-19(12-13)32-25(27-17)28-21(14-6-2-4-8-16(14)26)20-22(29)15-7-3-5-9-18(15)31-23(20)24(28)30/h2,4,6,8,10-12,15,18,21H,3,5,7,9H2,1H3. The van der Waals surface area contributed by atoms with Crippen LogP contribution >= 0.6 is 11.3 Å². The van der Waals surface area contributed by atoms with E-state index in [0.717, 1.165) is 41.5 Å². The predicted octanol–water partition coefficient (Wildman–Crippen LogP) is 5.24. The fourth-order valence-corrected chi connectivity index (χ4v) is 6.25. The SMILES string of the molecule is Cc1ccc2nc(N3C(=O)C4=C(C(=O)C5CCCCC5O4)C3c3ccccc3F)sc2c1. The third-order valence-electron chi connectivity index (χ3n) is 6.70. The van der Waals surface area contributed by atoms with Crippen molar-refractivity contribution in [3.05, 3.63) is 70.7 Å². The van der Waals surface area contributed by atoms with E-state index in [-0.39, 0.29) is 34.7 Å². The number of carbonyl (C=O) groups is 2. The maximum atomic E-state index is 15.0. The van der Waals surface area contributed by atoms with Crippen molar-refractivity contribution in [1.29, 1.82) is 0 Å². The third kappa shape index (κ3) is 2.84. The molecule has 2 aliphatic heterocycles. The maximum Gasteiger partial charge on any atom is 0.296 e. The lowest BCUT2D eigenvalue weighted by atomic mass is 9.77. The Hall–Kier alpha value is -3.06. The van der Waals surface area contributed by atoms with E-state index >= 15 is 4.39 Å². The molecule has 7 heteroatoms. The Kier molecular flexibility index (Phi) is 4.43. The van der Waals surface area contributed by atoms with Crippen molar-refractivity contribution in [2.24, 2.45) is 5.92 Å². The number of aromatic nitrogens is 1. The topological polar surface area (TPSA) is 59.5 Å². The van der Waals surface area contributed by atoms with Crippen LogP contribution in [0.25, 0.3) is 10.2 Å². The molecule has 1 aliphatic carbocycles. The average Bonchev–Trinajstić information content (AvgIpc) is 3.32. The molecule has 1 amide bonds. The van der Waals surface area contributed by atoms with Gasteiger partial charge in [0.05, 0.1) is 21.7 Å². The highest BCUT2D eigenvalue weighted by molar-refractivity contribution is 7.22. The van der Waals surface area contributed by atoms with Crippen molar-refractivity contribution < 1.29 is 18.7 Å². The number of Topliss-reactive ketones (excluding diaryl/α,β-unsaturated/α-hetero) is 1. The second-order valence-electron chi connectivity index (χ2n) is 8.72. The minimum Gasteiger partial charge on any atom is -0.483 e. The Morgan fingerprint density at radius 1 is 1.12 bits per heavy atom. The molecular formula is C25H21FN2O3S. The molecule has 3 heterocycles. The van der Waals surface area contributed by atoms with Crippen molar-refractivity contribution in [3.8, 4) is 0 Å². The Bertz CT molecular complexity index is 1310. The summed E-state index contributed by atoms with van der Waals surface area (Å²) in [5.74, 6) is -1.16. The summed E-state index contributed by atoms with van der Waals surface area (Å²) in [6.07, 6.45) is 3.14. The molecule has 3 atom stereocenters. The minimum atomic E-state index is -0.879. The summed E-state index contributed by atoms with van der Waals surface area (Å²) >= 11 is 1.37. The minimum absolute atomic E-state index is 0.0711. The van der Waals surface area contributed by atoms with E-state index in [2.05, 4.69) is 4.98 Å². The summed E-state index contributed by atoms with van der Waals surface area (Å²) in [5, 5.41) is 0.442. The molecule has 0 saturated heterocycles. The molecule has 0 radical (unpaired) electrons. The van der Waals surface area contributed by atoms with Crippen molar-refractivity contribution in [2.45, 2.75) is 44.8 Å². The number of rotatable bonds is 2. The van der Waals surface area contributed by atoms with Crippen LogP contribution in [-0.4, -0.2) is 22.8 Å². The zero-order valence-electron chi connectivity index (χ0n) is 17.5. The Morgan fingerprint density at radius 2 is 1.94 bits per heavy atom. The lowest BCUT2D eigenvalue weighted by Crippen LogP contribution is -2.39. The molecule has 0 N–H and O–H groups in total. The first-order valence-corrected chi connectivity index (χ1v) is 11.7. The molecular weight excluding hydrogens is 427 g/mol. The first kappa shape index (κ1) is 19.6. The van der Waals surface area contributed by atoms with Gasteiger partial charge in [-0.25, -0.2) is 9.37 Å². The number of halogens is 1. The van der Waals surface area contributed by atoms with Crippen LogP contribution in [0.1, 0.15) is 42.9 Å². The predicted molar refractivity (Wildman–Crippen MR) is 120 cm³/mol. The third-order valence-corrected chi connectivity index (χ3v) is 7.72. The number of nitrogens with zero attached hydrogens (tertiary/aromatic N) is 2. The zero-order valence-corrected chi connectivity index (χ0v) is 18.3. The molecule has 3 aromatic rings. The number of aryl methyl sites for hydroxylation is 1. The van der Waals surface area contributed by atoms with Gasteiger partial charge >= 0.3 is 0 Å². The highest BCUT2D eigenvalue weighted by Crippen LogP contribution is 2.49. The fraction of sp³-hybridized carbons (Fsp3) is 0.320. The summed E-state index contributed by atoms with van der Waals surface area (Å²) < 4.78 is 22.1. The highest BCUT2D eigenvalue weighted by Gasteiger charge is 2.53. The van der Waals surface area contributed by atoms with E-state index in [1.165, 1.54) is 22.3 Å². The van der Waals surface area contributed by atoms with E-state index in [1.807, 2.05) is 25.1 Å². The van der Waals surface area contributed by atoms with E-state index in [1.54, 1.807) is 18.2 Å². The van der Waals surface area contributed by atoms with Gasteiger partial charge < -0.3 is 4.74 Å². The Labute approximate surface area is 188 Å². The van der Waals surface area contributed by atoms with Gasteiger partial charge in [0.25, 0.3) is 5.91 Å². The molecule has 2 aromatic carbocycles. The summed E-state index contributed by atoms with van der Waals surface area (Å²) in [6, 6.07) is 11.3. The van der Waals surface area contributed by atoms with Crippen LogP contribution < -0.4 is 4.90 Å². The number of hydrogen-bond donors (Lipinski definition) is 0. The second kappa shape index (κ2) is 7.24. The number of anilines is 1. The van der Waals surface area contributed by atoms with Gasteiger partial charge in [0.2, 0.25) is 0 Å². The second-order valence-corrected chi connectivity index (χ2v) is 9.73. The summed E-state index contributed by atoms with van der Waals surface area (Å²) in [4.78, 5) is 33.4. The van der Waals surface area contributed by atoms with E-state index in [0.29, 0.717) is 5.13 Å². The van der Waals surface area contributed by atoms with Crippen molar-refractivity contribution >= 4 is 38.4 Å². The molecule has 0 spiro atoms. The van der Waals surface area contributed by atoms with E-state index in [4.69, 9.17) is 4.74 Å². The Morgan fingerprint density at radius 3 is 2.78 bits per heavy atom. The molecule has 6 rings (SSSR count). The molecule has 3 aliphatic rings. The first-order valence-electron chi connectivity index (χ1n) is 10.9. The van der Waals surface area contributed by atoms with Crippen LogP contribution in [0, 0.1) is 18.7 Å². The van der Waals surface area contributed by atoms with E-state index in [9.17, 15) is 9.59 Å². The van der Waals surface area contributed by atoms with Crippen LogP contribution in [0.15, 0.2) is 53.8 Å². The number of fused-ring (bicyclic) bond motifs is 2. The molecule has 1 saturated carbocycles. The number of ketones is 1. The smallest absolute Gasteiger partial charge is 0.296 e. The van der Waals surface area contributed by atoms with Crippen LogP contribution in [0.5, 0.6) is 0 Å². The molecule has 5 nitrogen and oxygen atoms in total. The van der Waals surface area contributed by atoms with Crippen LogP contribution in [-0.2, 0) is 14.3 Å². The zero-order chi connectivity index (χ0) is 22.0. The first-order chi connectivity index (χ1) is 15.5. The lowest BCUT2D eigenvalue weighted by Gasteiger charge is -2.35. The monoisotopic (exact) mass is 448 g/mol. The number of amides is 1. The van der Waals surface area contributed by atoms with Crippen molar-refractivity contribution in [3.63, 3.8) is 0 Å². The van der Waals surface area contributed by atoms with Crippen LogP contribution in [0.4, 0.5) is 9.52 Å². The van der Waals surface area contributed by atoms with Gasteiger partial charge in [-0.1, -0.05) is 42.0 Å². The molecule has 162 valence electrons. The molecule has 1 aromatic heterocycles. The number of thiazole rings is 1. The van der Waals surface area contributed by atoms with Gasteiger partial charge in [0.1, 0.15) is 18.0 Å². The van der Waals surface area contributed by atoms with Gasteiger partial charge in [-0.15, -0.1) is 0 Å². The van der Waals surface area contributed by atoms with Crippen LogP contribution in [0.3, 0.4) is 0 Å². The fourth-order valence-electron chi connectivity index (χ4n) is 5.16. The van der Waals surface area contributed by atoms with E-state index < -0.39 is 17.8 Å². The number of carbonyl (C=O) groups excluding carboxylic acids is 2. The average molecular weight is 449 g/mol. The maximum absolute atomic E-state index is 15.0. The van der Waals surface area contributed by atoms with Gasteiger partial charge in [-0.2, -0.15) is 0 Å². The van der Waals surface area contributed by atoms with Crippen molar-refractivity contribution in [1.82, 2.24) is 4.98 Å². The number of benzene rings is 2. The molecule has 3 unspecified atom stereocenters.